The molecule has 0 amide bonds. The number of methoxy groups -OCH3 is 1. The van der Waals surface area contributed by atoms with Crippen molar-refractivity contribution in [2.75, 3.05) is 13.7 Å². The molecule has 0 aliphatic heterocycles. The highest BCUT2D eigenvalue weighted by atomic mass is 19.1. The van der Waals surface area contributed by atoms with Crippen LogP contribution >= 0.6 is 0 Å². The number of hydrogen-bond donors (Lipinski definition) is 2. The van der Waals surface area contributed by atoms with Crippen molar-refractivity contribution in [2.24, 2.45) is 0 Å². The van der Waals surface area contributed by atoms with Gasteiger partial charge in [-0.1, -0.05) is 24.3 Å². The molecule has 0 bridgehead atoms. The van der Waals surface area contributed by atoms with Gasteiger partial charge in [-0.05, 0) is 48.2 Å². The monoisotopic (exact) mass is 302 g/mol. The van der Waals surface area contributed by atoms with Crippen LogP contribution in [0.4, 0.5) is 4.39 Å². The summed E-state index contributed by atoms with van der Waals surface area (Å²) >= 11 is 0. The molecule has 22 heavy (non-hydrogen) atoms. The summed E-state index contributed by atoms with van der Waals surface area (Å²) in [6.45, 7) is 1.11. The second kappa shape index (κ2) is 8.51. The van der Waals surface area contributed by atoms with E-state index in [2.05, 4.69) is 5.32 Å². The predicted molar refractivity (Wildman–Crippen MR) is 85.1 cm³/mol. The van der Waals surface area contributed by atoms with Gasteiger partial charge in [-0.25, -0.2) is 4.39 Å². The van der Waals surface area contributed by atoms with Crippen molar-refractivity contribution < 1.29 is 14.2 Å². The van der Waals surface area contributed by atoms with Gasteiger partial charge in [0.05, 0.1) is 13.2 Å². The molecule has 0 heterocycles. The van der Waals surface area contributed by atoms with Gasteiger partial charge < -0.3 is 15.2 Å². The third kappa shape index (κ3) is 5.47. The van der Waals surface area contributed by atoms with Crippen LogP contribution in [0.25, 0.3) is 0 Å². The van der Waals surface area contributed by atoms with Gasteiger partial charge in [0.2, 0.25) is 0 Å². The first-order chi connectivity index (χ1) is 10.7. The predicted octanol–water partition coefficient (Wildman–Crippen LogP) is 2.73. The van der Waals surface area contributed by atoms with Crippen molar-refractivity contribution in [1.29, 1.82) is 0 Å². The van der Waals surface area contributed by atoms with Gasteiger partial charge in [-0.3, -0.25) is 0 Å². The largest absolute Gasteiger partial charge is 0.497 e. The molecule has 2 rings (SSSR count). The zero-order valence-corrected chi connectivity index (χ0v) is 12.6. The van der Waals surface area contributed by atoms with E-state index in [9.17, 15) is 9.50 Å². The lowest BCUT2D eigenvalue weighted by atomic mass is 10.1. The maximum atomic E-state index is 13.0. The number of halogens is 1. The van der Waals surface area contributed by atoms with Crippen LogP contribution in [0.1, 0.15) is 11.1 Å². The van der Waals surface area contributed by atoms with Gasteiger partial charge in [0, 0.05) is 13.1 Å². The Bertz CT molecular complexity index is 589. The minimum atomic E-state index is -0.575. The standard InChI is InChI=1S/C18H21FNO2/c1-22-18-7-3-5-15(11-18)12-20-13-17(21)9-8-14-4-2-6-16(19)10-14/h2-7,9-11,17,20-21H,8,12-13H2,1H3/t17-/m1/s1. The molecule has 0 aliphatic rings. The highest BCUT2D eigenvalue weighted by Gasteiger charge is 2.05. The Labute approximate surface area is 130 Å². The van der Waals surface area contributed by atoms with E-state index < -0.39 is 6.10 Å². The van der Waals surface area contributed by atoms with Gasteiger partial charge in [0.1, 0.15) is 11.6 Å². The fourth-order valence-electron chi connectivity index (χ4n) is 2.17. The molecule has 2 N–H and O–H groups in total. The zero-order chi connectivity index (χ0) is 15.8. The highest BCUT2D eigenvalue weighted by molar-refractivity contribution is 5.28. The minimum Gasteiger partial charge on any atom is -0.497 e. The van der Waals surface area contributed by atoms with E-state index in [0.717, 1.165) is 16.9 Å². The third-order valence-electron chi connectivity index (χ3n) is 3.33. The first-order valence-electron chi connectivity index (χ1n) is 7.27. The average molecular weight is 302 g/mol. The molecule has 1 atom stereocenters. The van der Waals surface area contributed by atoms with Gasteiger partial charge in [0.15, 0.2) is 0 Å². The van der Waals surface area contributed by atoms with Crippen LogP contribution in [0.2, 0.25) is 0 Å². The Morgan fingerprint density at radius 2 is 1.95 bits per heavy atom. The van der Waals surface area contributed by atoms with Crippen LogP contribution in [-0.2, 0) is 13.0 Å². The summed E-state index contributed by atoms with van der Waals surface area (Å²) in [6, 6.07) is 14.2. The van der Waals surface area contributed by atoms with Crippen LogP contribution in [0.3, 0.4) is 0 Å². The Morgan fingerprint density at radius 3 is 2.73 bits per heavy atom. The third-order valence-corrected chi connectivity index (χ3v) is 3.33. The molecule has 117 valence electrons. The van der Waals surface area contributed by atoms with Crippen LogP contribution in [0.15, 0.2) is 48.5 Å². The van der Waals surface area contributed by atoms with Crippen LogP contribution in [0, 0.1) is 12.2 Å². The molecule has 0 aliphatic carbocycles. The normalized spacial score (nSPS) is 12.1. The van der Waals surface area contributed by atoms with Crippen molar-refractivity contribution in [3.8, 4) is 5.75 Å². The van der Waals surface area contributed by atoms with E-state index in [0.29, 0.717) is 19.5 Å². The van der Waals surface area contributed by atoms with E-state index >= 15 is 0 Å². The average Bonchev–Trinajstić information content (AvgIpc) is 2.53. The fourth-order valence-corrected chi connectivity index (χ4v) is 2.17. The molecule has 1 radical (unpaired) electrons. The number of nitrogens with one attached hydrogen (secondary N) is 1. The van der Waals surface area contributed by atoms with E-state index in [4.69, 9.17) is 4.74 Å². The van der Waals surface area contributed by atoms with E-state index in [-0.39, 0.29) is 5.82 Å². The summed E-state index contributed by atoms with van der Waals surface area (Å²) in [4.78, 5) is 0. The molecule has 2 aromatic carbocycles. The SMILES string of the molecule is COc1cccc(CNC[C@H](O)[CH]Cc2cccc(F)c2)c1. The van der Waals surface area contributed by atoms with Gasteiger partial charge in [-0.2, -0.15) is 0 Å². The molecule has 0 spiro atoms. The zero-order valence-electron chi connectivity index (χ0n) is 12.6. The number of ether oxygens (including phenoxy) is 1. The summed E-state index contributed by atoms with van der Waals surface area (Å²) in [7, 11) is 1.64. The molecule has 4 heteroatoms. The van der Waals surface area contributed by atoms with Gasteiger partial charge in [0.25, 0.3) is 0 Å². The van der Waals surface area contributed by atoms with E-state index in [1.807, 2.05) is 30.3 Å². The van der Waals surface area contributed by atoms with E-state index in [1.165, 1.54) is 12.1 Å². The lowest BCUT2D eigenvalue weighted by molar-refractivity contribution is 0.200. The molecule has 3 nitrogen and oxygen atoms in total. The molecular formula is C18H21FNO2. The summed E-state index contributed by atoms with van der Waals surface area (Å²) in [5, 5.41) is 13.1. The summed E-state index contributed by atoms with van der Waals surface area (Å²) in [6.07, 6.45) is 1.74. The molecule has 2 aromatic rings. The second-order valence-electron chi connectivity index (χ2n) is 5.12. The molecule has 0 saturated carbocycles. The summed E-state index contributed by atoms with van der Waals surface area (Å²) in [5.41, 5.74) is 1.95. The number of aliphatic hydroxyl groups is 1. The molecule has 0 aromatic heterocycles. The van der Waals surface area contributed by atoms with Gasteiger partial charge >= 0.3 is 0 Å². The summed E-state index contributed by atoms with van der Waals surface area (Å²) < 4.78 is 18.2. The van der Waals surface area contributed by atoms with Crippen molar-refractivity contribution in [3.05, 3.63) is 71.9 Å². The molecule has 0 fully saturated rings. The van der Waals surface area contributed by atoms with E-state index in [1.54, 1.807) is 19.6 Å². The Morgan fingerprint density at radius 1 is 1.18 bits per heavy atom. The first kappa shape index (κ1) is 16.5. The lowest BCUT2D eigenvalue weighted by Gasteiger charge is -2.12. The van der Waals surface area contributed by atoms with Crippen molar-refractivity contribution in [1.82, 2.24) is 5.32 Å². The Balaban J connectivity index is 1.70. The lowest BCUT2D eigenvalue weighted by Crippen LogP contribution is -2.27. The number of benzene rings is 2. The fraction of sp³-hybridized carbons (Fsp3) is 0.278. The molecular weight excluding hydrogens is 281 g/mol. The smallest absolute Gasteiger partial charge is 0.123 e. The number of aliphatic hydroxyl groups excluding tert-OH is 1. The first-order valence-corrected chi connectivity index (χ1v) is 7.27. The number of rotatable bonds is 8. The minimum absolute atomic E-state index is 0.253. The molecule has 0 unspecified atom stereocenters. The quantitative estimate of drug-likeness (QED) is 0.788. The topological polar surface area (TPSA) is 41.5 Å². The Kier molecular flexibility index (Phi) is 6.37. The van der Waals surface area contributed by atoms with Gasteiger partial charge in [-0.15, -0.1) is 0 Å². The Hall–Kier alpha value is -1.91. The molecule has 0 saturated heterocycles. The van der Waals surface area contributed by atoms with Crippen molar-refractivity contribution in [2.45, 2.75) is 19.1 Å². The maximum absolute atomic E-state index is 13.0. The maximum Gasteiger partial charge on any atom is 0.123 e. The number of hydrogen-bond acceptors (Lipinski definition) is 3. The highest BCUT2D eigenvalue weighted by Crippen LogP contribution is 2.12. The van der Waals surface area contributed by atoms with Crippen LogP contribution in [-0.4, -0.2) is 24.9 Å². The summed E-state index contributed by atoms with van der Waals surface area (Å²) in [5.74, 6) is 0.564. The van der Waals surface area contributed by atoms with Crippen LogP contribution in [0.5, 0.6) is 5.75 Å². The van der Waals surface area contributed by atoms with Crippen molar-refractivity contribution >= 4 is 0 Å². The second-order valence-corrected chi connectivity index (χ2v) is 5.12. The van der Waals surface area contributed by atoms with Crippen LogP contribution < -0.4 is 10.1 Å². The van der Waals surface area contributed by atoms with Crippen molar-refractivity contribution in [3.63, 3.8) is 0 Å².